The van der Waals surface area contributed by atoms with Crippen molar-refractivity contribution in [3.8, 4) is 0 Å². The Hall–Kier alpha value is -0.660. The molecular weight excluding hydrogens is 228 g/mol. The standard InChI is InChI=1S/C7H7Cl.H4N2O3S/c1-6-3-2-4-7(8)5-6;1-2-6(3,4)5/h2-5H,1H3;2H,1H2,(H,3,4,5). The van der Waals surface area contributed by atoms with Gasteiger partial charge >= 0.3 is 10.3 Å². The second-order valence-corrected chi connectivity index (χ2v) is 4.01. The van der Waals surface area contributed by atoms with Crippen LogP contribution < -0.4 is 10.7 Å². The first-order valence-corrected chi connectivity index (χ1v) is 5.34. The van der Waals surface area contributed by atoms with Crippen LogP contribution in [0.25, 0.3) is 0 Å². The summed E-state index contributed by atoms with van der Waals surface area (Å²) in [4.78, 5) is 1.13. The molecule has 0 aliphatic carbocycles. The highest BCUT2D eigenvalue weighted by Crippen LogP contribution is 2.08. The highest BCUT2D eigenvalue weighted by molar-refractivity contribution is 7.83. The van der Waals surface area contributed by atoms with E-state index in [2.05, 4.69) is 5.84 Å². The van der Waals surface area contributed by atoms with Gasteiger partial charge in [-0.2, -0.15) is 8.42 Å². The van der Waals surface area contributed by atoms with Gasteiger partial charge in [-0.25, -0.2) is 0 Å². The number of benzene rings is 1. The molecule has 1 aromatic carbocycles. The molecule has 1 rings (SSSR count). The Morgan fingerprint density at radius 1 is 1.50 bits per heavy atom. The molecule has 0 fully saturated rings. The van der Waals surface area contributed by atoms with Crippen LogP contribution in [-0.4, -0.2) is 13.0 Å². The fraction of sp³-hybridized carbons (Fsp3) is 0.143. The molecule has 0 unspecified atom stereocenters. The minimum absolute atomic E-state index is 0.810. The van der Waals surface area contributed by atoms with Gasteiger partial charge in [-0.3, -0.25) is 10.4 Å². The number of aryl methyl sites for hydroxylation is 1. The van der Waals surface area contributed by atoms with E-state index in [0.717, 1.165) is 9.85 Å². The molecule has 0 aromatic heterocycles. The SMILES string of the molecule is Cc1cccc(Cl)c1.NNS(=O)(=O)O. The van der Waals surface area contributed by atoms with Crippen molar-refractivity contribution in [2.45, 2.75) is 6.92 Å². The summed E-state index contributed by atoms with van der Waals surface area (Å²) in [6.07, 6.45) is 0. The average Bonchev–Trinajstić information content (AvgIpc) is 2.03. The third kappa shape index (κ3) is 7.96. The summed E-state index contributed by atoms with van der Waals surface area (Å²) in [6, 6.07) is 7.76. The zero-order valence-electron chi connectivity index (χ0n) is 7.44. The van der Waals surface area contributed by atoms with E-state index in [1.165, 1.54) is 5.56 Å². The van der Waals surface area contributed by atoms with Crippen LogP contribution in [0.5, 0.6) is 0 Å². The third-order valence-electron chi connectivity index (χ3n) is 1.13. The Kier molecular flexibility index (Phi) is 5.66. The fourth-order valence-corrected chi connectivity index (χ4v) is 0.850. The zero-order valence-corrected chi connectivity index (χ0v) is 9.01. The Morgan fingerprint density at radius 3 is 2.21 bits per heavy atom. The molecule has 1 aromatic rings. The number of hydrazine groups is 1. The van der Waals surface area contributed by atoms with Crippen molar-refractivity contribution < 1.29 is 13.0 Å². The van der Waals surface area contributed by atoms with Crippen LogP contribution in [0, 0.1) is 6.92 Å². The predicted octanol–water partition coefficient (Wildman–Crippen LogP) is 0.901. The van der Waals surface area contributed by atoms with Crippen LogP contribution in [0.4, 0.5) is 0 Å². The maximum absolute atomic E-state index is 9.32. The Labute approximate surface area is 87.7 Å². The van der Waals surface area contributed by atoms with Crippen LogP contribution in [0.15, 0.2) is 24.3 Å². The van der Waals surface area contributed by atoms with Crippen LogP contribution >= 0.6 is 11.6 Å². The van der Waals surface area contributed by atoms with E-state index in [9.17, 15) is 8.42 Å². The summed E-state index contributed by atoms with van der Waals surface area (Å²) >= 11 is 5.64. The summed E-state index contributed by atoms with van der Waals surface area (Å²) in [7, 11) is -4.13. The average molecular weight is 239 g/mol. The van der Waals surface area contributed by atoms with Gasteiger partial charge < -0.3 is 0 Å². The molecule has 0 heterocycles. The number of nitrogens with one attached hydrogen (secondary N) is 1. The van der Waals surface area contributed by atoms with E-state index in [1.807, 2.05) is 31.2 Å². The van der Waals surface area contributed by atoms with E-state index in [0.29, 0.717) is 0 Å². The number of nitrogens with two attached hydrogens (primary N) is 1. The lowest BCUT2D eigenvalue weighted by Gasteiger charge is -1.88. The van der Waals surface area contributed by atoms with E-state index in [-0.39, 0.29) is 0 Å². The second-order valence-electron chi connectivity index (χ2n) is 2.39. The minimum Gasteiger partial charge on any atom is -0.273 e. The highest BCUT2D eigenvalue weighted by Gasteiger charge is 1.92. The fourth-order valence-electron chi connectivity index (χ4n) is 0.606. The van der Waals surface area contributed by atoms with Crippen molar-refractivity contribution in [1.29, 1.82) is 0 Å². The van der Waals surface area contributed by atoms with Gasteiger partial charge in [0.05, 0.1) is 0 Å². The summed E-state index contributed by atoms with van der Waals surface area (Å²) in [5.41, 5.74) is 1.21. The summed E-state index contributed by atoms with van der Waals surface area (Å²) < 4.78 is 26.2. The largest absolute Gasteiger partial charge is 0.346 e. The normalized spacial score (nSPS) is 10.3. The van der Waals surface area contributed by atoms with Crippen LogP contribution in [0.3, 0.4) is 0 Å². The summed E-state index contributed by atoms with van der Waals surface area (Å²) in [5.74, 6) is 4.22. The van der Waals surface area contributed by atoms with Crippen LogP contribution in [0.2, 0.25) is 5.02 Å². The molecule has 0 bridgehead atoms. The molecule has 7 heteroatoms. The number of hydrogen-bond acceptors (Lipinski definition) is 3. The Morgan fingerprint density at radius 2 is 2.00 bits per heavy atom. The molecular formula is C7H11ClN2O3S. The number of rotatable bonds is 1. The summed E-state index contributed by atoms with van der Waals surface area (Å²) in [6.45, 7) is 2.02. The van der Waals surface area contributed by atoms with Gasteiger partial charge in [-0.15, -0.1) is 4.83 Å². The molecule has 0 aliphatic heterocycles. The molecule has 0 radical (unpaired) electrons. The minimum atomic E-state index is -4.13. The van der Waals surface area contributed by atoms with Gasteiger partial charge in [0.25, 0.3) is 0 Å². The van der Waals surface area contributed by atoms with Crippen molar-refractivity contribution in [3.05, 3.63) is 34.9 Å². The first kappa shape index (κ1) is 13.3. The van der Waals surface area contributed by atoms with E-state index >= 15 is 0 Å². The van der Waals surface area contributed by atoms with Crippen molar-refractivity contribution in [1.82, 2.24) is 4.83 Å². The van der Waals surface area contributed by atoms with Crippen molar-refractivity contribution in [3.63, 3.8) is 0 Å². The maximum atomic E-state index is 9.32. The Bertz CT molecular complexity index is 363. The maximum Gasteiger partial charge on any atom is 0.346 e. The van der Waals surface area contributed by atoms with Crippen molar-refractivity contribution in [2.24, 2.45) is 5.84 Å². The van der Waals surface area contributed by atoms with Crippen molar-refractivity contribution >= 4 is 21.9 Å². The van der Waals surface area contributed by atoms with Crippen LogP contribution in [0.1, 0.15) is 5.56 Å². The molecule has 0 atom stereocenters. The van der Waals surface area contributed by atoms with Gasteiger partial charge in [0.2, 0.25) is 0 Å². The lowest BCUT2D eigenvalue weighted by molar-refractivity contribution is 0.469. The van der Waals surface area contributed by atoms with Gasteiger partial charge in [0.15, 0.2) is 0 Å². The van der Waals surface area contributed by atoms with Gasteiger partial charge in [0, 0.05) is 5.02 Å². The molecule has 0 saturated heterocycles. The van der Waals surface area contributed by atoms with E-state index in [4.69, 9.17) is 16.2 Å². The first-order chi connectivity index (χ1) is 6.35. The quantitative estimate of drug-likeness (QED) is 0.385. The second kappa shape index (κ2) is 5.94. The number of halogens is 1. The summed E-state index contributed by atoms with van der Waals surface area (Å²) in [5, 5.41) is 0.810. The highest BCUT2D eigenvalue weighted by atomic mass is 35.5. The van der Waals surface area contributed by atoms with E-state index < -0.39 is 10.3 Å². The number of hydrogen-bond donors (Lipinski definition) is 3. The lowest BCUT2D eigenvalue weighted by Crippen LogP contribution is -2.29. The Balaban J connectivity index is 0.000000255. The first-order valence-electron chi connectivity index (χ1n) is 3.52. The zero-order chi connectivity index (χ0) is 11.2. The topological polar surface area (TPSA) is 92.4 Å². The molecule has 0 saturated carbocycles. The van der Waals surface area contributed by atoms with Gasteiger partial charge in [-0.1, -0.05) is 23.7 Å². The smallest absolute Gasteiger partial charge is 0.273 e. The molecule has 4 N–H and O–H groups in total. The monoisotopic (exact) mass is 238 g/mol. The lowest BCUT2D eigenvalue weighted by atomic mass is 10.2. The third-order valence-corrected chi connectivity index (χ3v) is 1.66. The predicted molar refractivity (Wildman–Crippen MR) is 55.1 cm³/mol. The van der Waals surface area contributed by atoms with E-state index in [1.54, 1.807) is 0 Å². The van der Waals surface area contributed by atoms with Gasteiger partial charge in [0.1, 0.15) is 0 Å². The molecule has 0 aliphatic rings. The molecule has 14 heavy (non-hydrogen) atoms. The molecule has 0 amide bonds. The van der Waals surface area contributed by atoms with Crippen molar-refractivity contribution in [2.75, 3.05) is 0 Å². The molecule has 0 spiro atoms. The van der Waals surface area contributed by atoms with Crippen LogP contribution in [-0.2, 0) is 10.3 Å². The van der Waals surface area contributed by atoms with Gasteiger partial charge in [-0.05, 0) is 24.6 Å². The molecule has 5 nitrogen and oxygen atoms in total. The molecule has 80 valence electrons.